The number of nitrogens with zero attached hydrogens (tertiary/aromatic N) is 1. The lowest BCUT2D eigenvalue weighted by Gasteiger charge is -2.16. The number of hydrogen-bond acceptors (Lipinski definition) is 5. The SMILES string of the molecule is O=C(c1ccc(Br)cc1)[C@H]1C(Br)=NO[C@@H]1c1coc2ccccc2c1=O. The summed E-state index contributed by atoms with van der Waals surface area (Å²) in [6.45, 7) is 0. The molecule has 1 aliphatic rings. The van der Waals surface area contributed by atoms with Gasteiger partial charge >= 0.3 is 0 Å². The lowest BCUT2D eigenvalue weighted by atomic mass is 9.90. The molecule has 0 unspecified atom stereocenters. The fourth-order valence-corrected chi connectivity index (χ4v) is 3.71. The number of Topliss-reactive ketones (excluding diaryl/α,β-unsaturated/α-hetero) is 1. The van der Waals surface area contributed by atoms with Crippen molar-refractivity contribution in [2.75, 3.05) is 0 Å². The Morgan fingerprint density at radius 3 is 2.54 bits per heavy atom. The molecular weight excluding hydrogens is 466 g/mol. The van der Waals surface area contributed by atoms with Gasteiger partial charge in [-0.25, -0.2) is 0 Å². The van der Waals surface area contributed by atoms with E-state index in [4.69, 9.17) is 9.25 Å². The molecule has 0 saturated heterocycles. The van der Waals surface area contributed by atoms with Crippen molar-refractivity contribution in [2.45, 2.75) is 6.10 Å². The summed E-state index contributed by atoms with van der Waals surface area (Å²) < 4.78 is 6.78. The normalized spacial score (nSPS) is 19.2. The minimum Gasteiger partial charge on any atom is -0.464 e. The van der Waals surface area contributed by atoms with E-state index >= 15 is 0 Å². The van der Waals surface area contributed by atoms with E-state index in [2.05, 4.69) is 37.0 Å². The van der Waals surface area contributed by atoms with Crippen LogP contribution in [0.5, 0.6) is 0 Å². The van der Waals surface area contributed by atoms with Gasteiger partial charge in [0.2, 0.25) is 0 Å². The molecule has 0 fully saturated rings. The lowest BCUT2D eigenvalue weighted by Crippen LogP contribution is -2.27. The van der Waals surface area contributed by atoms with Gasteiger partial charge in [0.25, 0.3) is 0 Å². The van der Waals surface area contributed by atoms with Crippen molar-refractivity contribution in [3.63, 3.8) is 0 Å². The largest absolute Gasteiger partial charge is 0.464 e. The van der Waals surface area contributed by atoms with E-state index in [9.17, 15) is 9.59 Å². The van der Waals surface area contributed by atoms with Crippen LogP contribution in [0.4, 0.5) is 0 Å². The minimum absolute atomic E-state index is 0.191. The standard InChI is InChI=1S/C19H11Br2NO4/c20-11-7-5-10(6-8-11)16(23)15-18(26-22-19(15)21)13-9-25-14-4-2-1-3-12(14)17(13)24/h1-9,15,18H/t15-,18-/m1/s1. The number of rotatable bonds is 3. The second-order valence-electron chi connectivity index (χ2n) is 5.81. The molecule has 26 heavy (non-hydrogen) atoms. The molecule has 3 aromatic rings. The number of halogens is 2. The molecule has 0 bridgehead atoms. The van der Waals surface area contributed by atoms with Crippen LogP contribution in [0.3, 0.4) is 0 Å². The van der Waals surface area contributed by atoms with E-state index in [1.165, 1.54) is 6.26 Å². The first kappa shape index (κ1) is 17.2. The number of benzene rings is 2. The number of ketones is 1. The maximum Gasteiger partial charge on any atom is 0.199 e. The monoisotopic (exact) mass is 475 g/mol. The van der Waals surface area contributed by atoms with Gasteiger partial charge in [-0.05, 0) is 40.2 Å². The van der Waals surface area contributed by atoms with Crippen LogP contribution < -0.4 is 5.43 Å². The summed E-state index contributed by atoms with van der Waals surface area (Å²) in [5.41, 5.74) is 1.02. The molecule has 0 radical (unpaired) electrons. The molecule has 2 aromatic carbocycles. The Bertz CT molecular complexity index is 1090. The Hall–Kier alpha value is -2.25. The molecule has 2 atom stereocenters. The van der Waals surface area contributed by atoms with Gasteiger partial charge in [0.15, 0.2) is 17.3 Å². The van der Waals surface area contributed by atoms with Gasteiger partial charge in [0.1, 0.15) is 22.4 Å². The van der Waals surface area contributed by atoms with Crippen LogP contribution >= 0.6 is 31.9 Å². The van der Waals surface area contributed by atoms with Crippen molar-refractivity contribution in [3.05, 3.63) is 80.6 Å². The Morgan fingerprint density at radius 1 is 1.04 bits per heavy atom. The predicted octanol–water partition coefficient (Wildman–Crippen LogP) is 4.83. The maximum atomic E-state index is 13.0. The molecular formula is C19H11Br2NO4. The van der Waals surface area contributed by atoms with Crippen LogP contribution in [-0.4, -0.2) is 10.4 Å². The molecule has 0 aliphatic carbocycles. The van der Waals surface area contributed by atoms with Crippen molar-refractivity contribution < 1.29 is 14.0 Å². The van der Waals surface area contributed by atoms with E-state index in [1.807, 2.05) is 0 Å². The number of oxime groups is 1. The molecule has 7 heteroatoms. The van der Waals surface area contributed by atoms with Crippen molar-refractivity contribution >= 4 is 53.2 Å². The van der Waals surface area contributed by atoms with Gasteiger partial charge < -0.3 is 9.25 Å². The quantitative estimate of drug-likeness (QED) is 0.507. The lowest BCUT2D eigenvalue weighted by molar-refractivity contribution is 0.0521. The summed E-state index contributed by atoms with van der Waals surface area (Å²) in [5.74, 6) is -0.941. The van der Waals surface area contributed by atoms with Crippen LogP contribution in [0.1, 0.15) is 22.0 Å². The fourth-order valence-electron chi connectivity index (χ4n) is 2.91. The summed E-state index contributed by atoms with van der Waals surface area (Å²) in [7, 11) is 0. The van der Waals surface area contributed by atoms with E-state index in [-0.39, 0.29) is 16.8 Å². The van der Waals surface area contributed by atoms with E-state index in [0.29, 0.717) is 21.2 Å². The molecule has 0 amide bonds. The molecule has 2 heterocycles. The average molecular weight is 477 g/mol. The van der Waals surface area contributed by atoms with Crippen molar-refractivity contribution in [3.8, 4) is 0 Å². The van der Waals surface area contributed by atoms with Crippen LogP contribution in [0, 0.1) is 5.92 Å². The minimum atomic E-state index is -0.846. The highest BCUT2D eigenvalue weighted by atomic mass is 79.9. The average Bonchev–Trinajstić information content (AvgIpc) is 3.03. The highest BCUT2D eigenvalue weighted by molar-refractivity contribution is 9.18. The zero-order valence-corrected chi connectivity index (χ0v) is 16.4. The molecule has 1 aromatic heterocycles. The maximum absolute atomic E-state index is 13.0. The molecule has 0 spiro atoms. The van der Waals surface area contributed by atoms with Gasteiger partial charge in [0, 0.05) is 10.0 Å². The van der Waals surface area contributed by atoms with E-state index < -0.39 is 12.0 Å². The third-order valence-electron chi connectivity index (χ3n) is 4.24. The Morgan fingerprint density at radius 2 is 1.77 bits per heavy atom. The third-order valence-corrected chi connectivity index (χ3v) is 5.40. The Kier molecular flexibility index (Phi) is 4.50. The highest BCUT2D eigenvalue weighted by Gasteiger charge is 2.42. The topological polar surface area (TPSA) is 68.9 Å². The number of carbonyl (C=O) groups excluding carboxylic acids is 1. The van der Waals surface area contributed by atoms with Crippen molar-refractivity contribution in [1.29, 1.82) is 0 Å². The third kappa shape index (κ3) is 2.91. The summed E-state index contributed by atoms with van der Waals surface area (Å²) in [6.07, 6.45) is 0.500. The zero-order chi connectivity index (χ0) is 18.3. The second kappa shape index (κ2) is 6.81. The van der Waals surface area contributed by atoms with E-state index in [0.717, 1.165) is 4.47 Å². The Balaban J connectivity index is 1.77. The van der Waals surface area contributed by atoms with Gasteiger partial charge in [-0.15, -0.1) is 0 Å². The molecule has 0 N–H and O–H groups in total. The fraction of sp³-hybridized carbons (Fsp3) is 0.105. The van der Waals surface area contributed by atoms with Crippen molar-refractivity contribution in [1.82, 2.24) is 0 Å². The van der Waals surface area contributed by atoms with E-state index in [1.54, 1.807) is 48.5 Å². The molecule has 1 aliphatic heterocycles. The smallest absolute Gasteiger partial charge is 0.199 e. The van der Waals surface area contributed by atoms with Crippen LogP contribution in [0.25, 0.3) is 11.0 Å². The number of para-hydroxylation sites is 1. The van der Waals surface area contributed by atoms with Gasteiger partial charge in [0.05, 0.1) is 10.9 Å². The second-order valence-corrected chi connectivity index (χ2v) is 7.53. The van der Waals surface area contributed by atoms with Crippen molar-refractivity contribution in [2.24, 2.45) is 11.1 Å². The predicted molar refractivity (Wildman–Crippen MR) is 105 cm³/mol. The first-order chi connectivity index (χ1) is 12.6. The first-order valence-electron chi connectivity index (χ1n) is 7.75. The van der Waals surface area contributed by atoms with Gasteiger partial charge in [-0.3, -0.25) is 9.59 Å². The van der Waals surface area contributed by atoms with Gasteiger partial charge in [-0.2, -0.15) is 0 Å². The highest BCUT2D eigenvalue weighted by Crippen LogP contribution is 2.36. The van der Waals surface area contributed by atoms with Crippen LogP contribution in [0.15, 0.2) is 73.6 Å². The number of hydrogen-bond donors (Lipinski definition) is 0. The Labute approximate surface area is 164 Å². The van der Waals surface area contributed by atoms with Crippen LogP contribution in [0.2, 0.25) is 0 Å². The summed E-state index contributed by atoms with van der Waals surface area (Å²) in [5, 5.41) is 4.32. The number of carbonyl (C=O) groups is 1. The summed E-state index contributed by atoms with van der Waals surface area (Å²) in [4.78, 5) is 31.2. The van der Waals surface area contributed by atoms with Crippen LogP contribution in [-0.2, 0) is 4.84 Å². The zero-order valence-electron chi connectivity index (χ0n) is 13.2. The summed E-state index contributed by atoms with van der Waals surface area (Å²) >= 11 is 6.64. The molecule has 130 valence electrons. The molecule has 0 saturated carbocycles. The number of fused-ring (bicyclic) bond motifs is 1. The molecule has 5 nitrogen and oxygen atoms in total. The molecule has 4 rings (SSSR count). The first-order valence-corrected chi connectivity index (χ1v) is 9.34. The summed E-state index contributed by atoms with van der Waals surface area (Å²) in [6, 6.07) is 13.9. The van der Waals surface area contributed by atoms with Gasteiger partial charge in [-0.1, -0.05) is 45.4 Å².